The van der Waals surface area contributed by atoms with Crippen molar-refractivity contribution in [2.75, 3.05) is 19.6 Å². The Morgan fingerprint density at radius 1 is 1.58 bits per heavy atom. The van der Waals surface area contributed by atoms with Crippen molar-refractivity contribution in [2.45, 2.75) is 25.8 Å². The summed E-state index contributed by atoms with van der Waals surface area (Å²) in [5, 5.41) is 3.44. The molecule has 1 saturated heterocycles. The van der Waals surface area contributed by atoms with Crippen molar-refractivity contribution in [2.24, 2.45) is 0 Å². The Bertz CT molecular complexity index is 467. The molecule has 0 aromatic carbocycles. The maximum atomic E-state index is 12.0. The number of likely N-dealkylation sites (tertiary alicyclic amines) is 1. The third kappa shape index (κ3) is 3.59. The fourth-order valence-electron chi connectivity index (χ4n) is 2.40. The fourth-order valence-corrected chi connectivity index (χ4v) is 2.67. The van der Waals surface area contributed by atoms with E-state index < -0.39 is 0 Å². The third-order valence-corrected chi connectivity index (χ3v) is 4.15. The van der Waals surface area contributed by atoms with Gasteiger partial charge in [0.15, 0.2) is 0 Å². The zero-order valence-electron chi connectivity index (χ0n) is 10.8. The van der Waals surface area contributed by atoms with Crippen molar-refractivity contribution in [1.29, 1.82) is 0 Å². The summed E-state index contributed by atoms with van der Waals surface area (Å²) in [6.45, 7) is 4.94. The first-order chi connectivity index (χ1) is 9.11. The van der Waals surface area contributed by atoms with Crippen LogP contribution in [0.1, 0.15) is 30.1 Å². The van der Waals surface area contributed by atoms with E-state index in [2.05, 4.69) is 22.1 Å². The minimum Gasteiger partial charge on any atom is -0.350 e. The first-order valence-electron chi connectivity index (χ1n) is 6.45. The van der Waals surface area contributed by atoms with Gasteiger partial charge in [-0.25, -0.2) is 4.98 Å². The molecule has 1 aromatic heterocycles. The Morgan fingerprint density at radius 2 is 2.37 bits per heavy atom. The monoisotopic (exact) mass is 301 g/mol. The Balaban J connectivity index is 1.92. The molecule has 1 aromatic rings. The molecule has 1 aliphatic heterocycles. The van der Waals surface area contributed by atoms with Gasteiger partial charge < -0.3 is 5.32 Å². The molecule has 19 heavy (non-hydrogen) atoms. The quantitative estimate of drug-likeness (QED) is 0.870. The van der Waals surface area contributed by atoms with Crippen molar-refractivity contribution in [3.63, 3.8) is 0 Å². The summed E-state index contributed by atoms with van der Waals surface area (Å²) in [5.41, 5.74) is 0.440. The molecule has 1 N–H and O–H groups in total. The lowest BCUT2D eigenvalue weighted by atomic mass is 10.2. The summed E-state index contributed by atoms with van der Waals surface area (Å²) in [4.78, 5) is 18.2. The SMILES string of the molecule is CCN1CCCC1CNC(=O)c1cnc(Cl)c(Cl)c1. The molecule has 0 saturated carbocycles. The number of hydrogen-bond acceptors (Lipinski definition) is 3. The zero-order valence-corrected chi connectivity index (χ0v) is 12.3. The number of carbonyl (C=O) groups excluding carboxylic acids is 1. The molecule has 104 valence electrons. The Kier molecular flexibility index (Phi) is 5.02. The Hall–Kier alpha value is -0.840. The van der Waals surface area contributed by atoms with Gasteiger partial charge >= 0.3 is 0 Å². The van der Waals surface area contributed by atoms with Gasteiger partial charge in [0.25, 0.3) is 5.91 Å². The van der Waals surface area contributed by atoms with Crippen LogP contribution in [0, 0.1) is 0 Å². The average Bonchev–Trinajstić information content (AvgIpc) is 2.86. The molecule has 6 heteroatoms. The minimum atomic E-state index is -0.158. The van der Waals surface area contributed by atoms with Gasteiger partial charge in [-0.05, 0) is 32.0 Å². The Morgan fingerprint density at radius 3 is 3.05 bits per heavy atom. The highest BCUT2D eigenvalue weighted by Gasteiger charge is 2.23. The number of likely N-dealkylation sites (N-methyl/N-ethyl adjacent to an activating group) is 1. The highest BCUT2D eigenvalue weighted by Crippen LogP contribution is 2.20. The third-order valence-electron chi connectivity index (χ3n) is 3.46. The maximum Gasteiger partial charge on any atom is 0.252 e. The molecular formula is C13H17Cl2N3O. The predicted molar refractivity (Wildman–Crippen MR) is 76.9 cm³/mol. The molecule has 0 aliphatic carbocycles. The van der Waals surface area contributed by atoms with Gasteiger partial charge in [0.05, 0.1) is 10.6 Å². The predicted octanol–water partition coefficient (Wildman–Crippen LogP) is 2.60. The van der Waals surface area contributed by atoms with Crippen molar-refractivity contribution in [3.05, 3.63) is 28.0 Å². The molecular weight excluding hydrogens is 285 g/mol. The highest BCUT2D eigenvalue weighted by atomic mass is 35.5. The number of amides is 1. The summed E-state index contributed by atoms with van der Waals surface area (Å²) in [7, 11) is 0. The molecule has 4 nitrogen and oxygen atoms in total. The van der Waals surface area contributed by atoms with E-state index in [0.717, 1.165) is 19.5 Å². The summed E-state index contributed by atoms with van der Waals surface area (Å²) in [6.07, 6.45) is 3.77. The van der Waals surface area contributed by atoms with E-state index in [9.17, 15) is 4.79 Å². The molecule has 0 spiro atoms. The topological polar surface area (TPSA) is 45.2 Å². The van der Waals surface area contributed by atoms with E-state index in [0.29, 0.717) is 23.2 Å². The lowest BCUT2D eigenvalue weighted by molar-refractivity contribution is 0.0941. The van der Waals surface area contributed by atoms with Crippen LogP contribution in [0.25, 0.3) is 0 Å². The lowest BCUT2D eigenvalue weighted by Crippen LogP contribution is -2.40. The number of nitrogens with zero attached hydrogens (tertiary/aromatic N) is 2. The van der Waals surface area contributed by atoms with Crippen LogP contribution in [0.15, 0.2) is 12.3 Å². The molecule has 1 fully saturated rings. The zero-order chi connectivity index (χ0) is 13.8. The highest BCUT2D eigenvalue weighted by molar-refractivity contribution is 6.41. The van der Waals surface area contributed by atoms with E-state index in [4.69, 9.17) is 23.2 Å². The second-order valence-electron chi connectivity index (χ2n) is 4.63. The average molecular weight is 302 g/mol. The van der Waals surface area contributed by atoms with E-state index in [1.54, 1.807) is 6.07 Å². The summed E-state index contributed by atoms with van der Waals surface area (Å²) >= 11 is 11.6. The first kappa shape index (κ1) is 14.6. The van der Waals surface area contributed by atoms with Crippen LogP contribution in [0.3, 0.4) is 0 Å². The number of aromatic nitrogens is 1. The van der Waals surface area contributed by atoms with Crippen LogP contribution in [-0.4, -0.2) is 41.5 Å². The summed E-state index contributed by atoms with van der Waals surface area (Å²) < 4.78 is 0. The maximum absolute atomic E-state index is 12.0. The standard InChI is InChI=1S/C13H17Cl2N3O/c1-2-18-5-3-4-10(18)8-17-13(19)9-6-11(14)12(15)16-7-9/h6-7,10H,2-5,8H2,1H3,(H,17,19). The molecule has 1 amide bonds. The lowest BCUT2D eigenvalue weighted by Gasteiger charge is -2.22. The van der Waals surface area contributed by atoms with Crippen LogP contribution >= 0.6 is 23.2 Å². The van der Waals surface area contributed by atoms with E-state index in [1.165, 1.54) is 12.6 Å². The second-order valence-corrected chi connectivity index (χ2v) is 5.40. The van der Waals surface area contributed by atoms with Crippen LogP contribution in [0.2, 0.25) is 10.2 Å². The van der Waals surface area contributed by atoms with Crippen molar-refractivity contribution < 1.29 is 4.79 Å². The van der Waals surface area contributed by atoms with E-state index in [-0.39, 0.29) is 11.1 Å². The number of carbonyl (C=O) groups is 1. The van der Waals surface area contributed by atoms with Gasteiger partial charge in [0.1, 0.15) is 5.15 Å². The van der Waals surface area contributed by atoms with Crippen molar-refractivity contribution in [3.8, 4) is 0 Å². The van der Waals surface area contributed by atoms with Crippen LogP contribution in [0.5, 0.6) is 0 Å². The fraction of sp³-hybridized carbons (Fsp3) is 0.538. The Labute approximate surface area is 123 Å². The summed E-state index contributed by atoms with van der Waals surface area (Å²) in [6, 6.07) is 1.98. The molecule has 1 unspecified atom stereocenters. The molecule has 0 bridgehead atoms. The van der Waals surface area contributed by atoms with Gasteiger partial charge in [-0.15, -0.1) is 0 Å². The molecule has 1 aliphatic rings. The molecule has 2 heterocycles. The van der Waals surface area contributed by atoms with Crippen LogP contribution < -0.4 is 5.32 Å². The van der Waals surface area contributed by atoms with Crippen LogP contribution in [-0.2, 0) is 0 Å². The van der Waals surface area contributed by atoms with Gasteiger partial charge in [-0.3, -0.25) is 9.69 Å². The van der Waals surface area contributed by atoms with Crippen LogP contribution in [0.4, 0.5) is 0 Å². The normalized spacial score (nSPS) is 19.6. The number of halogens is 2. The van der Waals surface area contributed by atoms with Gasteiger partial charge in [-0.1, -0.05) is 30.1 Å². The van der Waals surface area contributed by atoms with E-state index in [1.807, 2.05) is 0 Å². The number of pyridine rings is 1. The number of rotatable bonds is 4. The minimum absolute atomic E-state index is 0.158. The van der Waals surface area contributed by atoms with Gasteiger partial charge in [0.2, 0.25) is 0 Å². The molecule has 1 atom stereocenters. The first-order valence-corrected chi connectivity index (χ1v) is 7.20. The second kappa shape index (κ2) is 6.55. The van der Waals surface area contributed by atoms with Gasteiger partial charge in [0, 0.05) is 18.8 Å². The van der Waals surface area contributed by atoms with Crippen molar-refractivity contribution in [1.82, 2.24) is 15.2 Å². The number of hydrogen-bond donors (Lipinski definition) is 1. The molecule has 0 radical (unpaired) electrons. The smallest absolute Gasteiger partial charge is 0.252 e. The van der Waals surface area contributed by atoms with E-state index >= 15 is 0 Å². The molecule has 2 rings (SSSR count). The number of nitrogens with one attached hydrogen (secondary N) is 1. The summed E-state index contributed by atoms with van der Waals surface area (Å²) in [5.74, 6) is -0.158. The van der Waals surface area contributed by atoms with Gasteiger partial charge in [-0.2, -0.15) is 0 Å². The largest absolute Gasteiger partial charge is 0.350 e. The van der Waals surface area contributed by atoms with Crippen molar-refractivity contribution >= 4 is 29.1 Å².